The lowest BCUT2D eigenvalue weighted by Gasteiger charge is -2.44. The molecule has 2 aliphatic heterocycles. The van der Waals surface area contributed by atoms with Crippen LogP contribution in [-0.2, 0) is 10.9 Å². The van der Waals surface area contributed by atoms with Crippen molar-refractivity contribution < 1.29 is 27.1 Å². The Labute approximate surface area is 182 Å². The number of nitrogens with zero attached hydrogens (tertiary/aromatic N) is 4. The fourth-order valence-corrected chi connectivity index (χ4v) is 4.85. The van der Waals surface area contributed by atoms with Gasteiger partial charge in [0.2, 0.25) is 0 Å². The zero-order valence-electron chi connectivity index (χ0n) is 17.3. The molecule has 32 heavy (non-hydrogen) atoms. The van der Waals surface area contributed by atoms with Crippen molar-refractivity contribution >= 4 is 11.6 Å². The van der Waals surface area contributed by atoms with Crippen molar-refractivity contribution in [1.29, 1.82) is 0 Å². The molecule has 2 unspecified atom stereocenters. The van der Waals surface area contributed by atoms with Crippen molar-refractivity contribution in [3.8, 4) is 11.5 Å². The largest absolute Gasteiger partial charge is 0.463 e. The van der Waals surface area contributed by atoms with Crippen LogP contribution < -0.4 is 0 Å². The van der Waals surface area contributed by atoms with Crippen LogP contribution in [0.4, 0.5) is 13.2 Å². The summed E-state index contributed by atoms with van der Waals surface area (Å²) in [7, 11) is 0. The number of ether oxygens (including phenoxy) is 1. The molecule has 0 amide bonds. The Kier molecular flexibility index (Phi) is 5.40. The number of carbonyl (C=O) groups is 1. The van der Waals surface area contributed by atoms with Crippen LogP contribution in [0.2, 0.25) is 0 Å². The maximum atomic E-state index is 13.7. The van der Waals surface area contributed by atoms with E-state index in [-0.39, 0.29) is 35.3 Å². The summed E-state index contributed by atoms with van der Waals surface area (Å²) in [5, 5.41) is 3.87. The quantitative estimate of drug-likeness (QED) is 0.550. The number of hydrogen-bond acceptors (Lipinski definition) is 6. The molecule has 2 aliphatic rings. The molecule has 170 valence electrons. The molecule has 10 heteroatoms. The van der Waals surface area contributed by atoms with Gasteiger partial charge in [-0.2, -0.15) is 18.3 Å². The highest BCUT2D eigenvalue weighted by Crippen LogP contribution is 2.33. The number of carbonyl (C=O) groups excluding carboxylic acids is 1. The van der Waals surface area contributed by atoms with Gasteiger partial charge < -0.3 is 9.15 Å². The van der Waals surface area contributed by atoms with Crippen molar-refractivity contribution in [2.24, 2.45) is 5.92 Å². The maximum absolute atomic E-state index is 13.7. The number of esters is 1. The third kappa shape index (κ3) is 3.99. The second kappa shape index (κ2) is 8.23. The molecule has 3 aromatic heterocycles. The van der Waals surface area contributed by atoms with E-state index < -0.39 is 17.8 Å². The highest BCUT2D eigenvalue weighted by Gasteiger charge is 2.37. The Balaban J connectivity index is 1.38. The zero-order valence-corrected chi connectivity index (χ0v) is 17.3. The van der Waals surface area contributed by atoms with Crippen LogP contribution in [0.15, 0.2) is 34.9 Å². The van der Waals surface area contributed by atoms with Gasteiger partial charge in [0.25, 0.3) is 0 Å². The van der Waals surface area contributed by atoms with Crippen molar-refractivity contribution in [3.05, 3.63) is 41.9 Å². The van der Waals surface area contributed by atoms with Crippen LogP contribution in [0.25, 0.3) is 17.1 Å². The fraction of sp³-hybridized carbons (Fsp3) is 0.500. The lowest BCUT2D eigenvalue weighted by atomic mass is 9.84. The van der Waals surface area contributed by atoms with Crippen LogP contribution in [0.3, 0.4) is 0 Å². The van der Waals surface area contributed by atoms with E-state index in [2.05, 4.69) is 15.0 Å². The van der Waals surface area contributed by atoms with E-state index in [1.54, 1.807) is 6.07 Å². The first-order valence-corrected chi connectivity index (χ1v) is 10.8. The molecular weight excluding hydrogens is 425 g/mol. The molecule has 5 rings (SSSR count). The van der Waals surface area contributed by atoms with Gasteiger partial charge in [0.15, 0.2) is 22.8 Å². The lowest BCUT2D eigenvalue weighted by molar-refractivity contribution is -0.142. The van der Waals surface area contributed by atoms with Crippen molar-refractivity contribution in [1.82, 2.24) is 19.5 Å². The molecule has 0 aliphatic carbocycles. The minimum atomic E-state index is -4.69. The van der Waals surface area contributed by atoms with Gasteiger partial charge in [-0.15, -0.1) is 0 Å². The molecule has 5 heterocycles. The second-order valence-electron chi connectivity index (χ2n) is 8.40. The molecule has 0 aromatic carbocycles. The Morgan fingerprint density at radius 1 is 1.19 bits per heavy atom. The van der Waals surface area contributed by atoms with Crippen LogP contribution in [0.5, 0.6) is 0 Å². The van der Waals surface area contributed by atoms with Crippen LogP contribution in [-0.4, -0.2) is 51.2 Å². The first kappa shape index (κ1) is 21.0. The summed E-state index contributed by atoms with van der Waals surface area (Å²) in [4.78, 5) is 19.3. The maximum Gasteiger partial charge on any atom is 0.433 e. The van der Waals surface area contributed by atoms with E-state index in [4.69, 9.17) is 9.15 Å². The number of fused-ring (bicyclic) bond motifs is 2. The summed E-state index contributed by atoms with van der Waals surface area (Å²) in [6.07, 6.45) is 2.15. The molecule has 0 N–H and O–H groups in total. The van der Waals surface area contributed by atoms with Gasteiger partial charge in [0.05, 0.1) is 12.9 Å². The molecule has 2 atom stereocenters. The molecule has 0 spiro atoms. The number of piperidine rings is 2. The van der Waals surface area contributed by atoms with Crippen molar-refractivity contribution in [2.45, 2.75) is 44.3 Å². The van der Waals surface area contributed by atoms with Crippen molar-refractivity contribution in [3.63, 3.8) is 0 Å². The average molecular weight is 448 g/mol. The molecule has 0 radical (unpaired) electrons. The highest BCUT2D eigenvalue weighted by molar-refractivity contribution is 5.88. The summed E-state index contributed by atoms with van der Waals surface area (Å²) in [5.74, 6) is -0.312. The van der Waals surface area contributed by atoms with E-state index >= 15 is 0 Å². The Hall–Kier alpha value is -2.88. The molecule has 3 aromatic rings. The highest BCUT2D eigenvalue weighted by atomic mass is 19.4. The average Bonchev–Trinajstić information content (AvgIpc) is 3.46. The van der Waals surface area contributed by atoms with Crippen LogP contribution >= 0.6 is 0 Å². The van der Waals surface area contributed by atoms with E-state index in [0.717, 1.165) is 38.4 Å². The number of rotatable bonds is 4. The standard InChI is InChI=1S/C22H23F3N4O3/c23-22(24,25)19-11-15(18-7-4-10-31-18)26-20-12-16(27-29(19)20)21(30)32-13-14-5-3-9-28-8-2-1-6-17(14)28/h4,7,10-12,14,17H,1-3,5-6,8-9,13H2. The van der Waals surface area contributed by atoms with E-state index in [1.165, 1.54) is 31.2 Å². The third-order valence-electron chi connectivity index (χ3n) is 6.36. The number of hydrogen-bond donors (Lipinski definition) is 0. The van der Waals surface area contributed by atoms with E-state index in [0.29, 0.717) is 10.6 Å². The van der Waals surface area contributed by atoms with Gasteiger partial charge in [-0.1, -0.05) is 6.42 Å². The summed E-state index contributed by atoms with van der Waals surface area (Å²) >= 11 is 0. The van der Waals surface area contributed by atoms with Gasteiger partial charge in [-0.05, 0) is 57.0 Å². The van der Waals surface area contributed by atoms with Gasteiger partial charge in [0, 0.05) is 18.0 Å². The summed E-state index contributed by atoms with van der Waals surface area (Å²) in [6.45, 7) is 2.39. The van der Waals surface area contributed by atoms with Gasteiger partial charge in [-0.25, -0.2) is 14.3 Å². The second-order valence-corrected chi connectivity index (χ2v) is 8.40. The van der Waals surface area contributed by atoms with Gasteiger partial charge >= 0.3 is 12.1 Å². The topological polar surface area (TPSA) is 72.9 Å². The molecular formula is C22H23F3N4O3. The number of furan rings is 1. The van der Waals surface area contributed by atoms with Gasteiger partial charge in [0.1, 0.15) is 5.69 Å². The predicted molar refractivity (Wildman–Crippen MR) is 108 cm³/mol. The lowest BCUT2D eigenvalue weighted by Crippen LogP contribution is -2.49. The fourth-order valence-electron chi connectivity index (χ4n) is 4.85. The van der Waals surface area contributed by atoms with Crippen LogP contribution in [0.1, 0.15) is 48.3 Å². The molecule has 0 saturated carbocycles. The first-order chi connectivity index (χ1) is 15.4. The number of alkyl halides is 3. The summed E-state index contributed by atoms with van der Waals surface area (Å²) in [6, 6.07) is 5.56. The Morgan fingerprint density at radius 3 is 2.81 bits per heavy atom. The Morgan fingerprint density at radius 2 is 2.03 bits per heavy atom. The third-order valence-corrected chi connectivity index (χ3v) is 6.36. The molecule has 2 fully saturated rings. The molecule has 0 bridgehead atoms. The van der Waals surface area contributed by atoms with Gasteiger partial charge in [-0.3, -0.25) is 4.90 Å². The predicted octanol–water partition coefficient (Wildman–Crippen LogP) is 4.43. The first-order valence-electron chi connectivity index (χ1n) is 10.8. The minimum Gasteiger partial charge on any atom is -0.463 e. The zero-order chi connectivity index (χ0) is 22.3. The number of halogens is 3. The normalized spacial score (nSPS) is 22.1. The SMILES string of the molecule is O=C(OCC1CCCN2CCCCC12)c1cc2nc(-c3ccco3)cc(C(F)(F)F)n2n1. The number of aromatic nitrogens is 3. The molecule has 7 nitrogen and oxygen atoms in total. The summed E-state index contributed by atoms with van der Waals surface area (Å²) in [5.41, 5.74) is -1.34. The van der Waals surface area contributed by atoms with Crippen LogP contribution in [0, 0.1) is 5.92 Å². The minimum absolute atomic E-state index is 0.00855. The van der Waals surface area contributed by atoms with E-state index in [9.17, 15) is 18.0 Å². The Bertz CT molecular complexity index is 1110. The summed E-state index contributed by atoms with van der Waals surface area (Å²) < 4.78 is 52.3. The van der Waals surface area contributed by atoms with Crippen molar-refractivity contribution in [2.75, 3.05) is 19.7 Å². The smallest absolute Gasteiger partial charge is 0.433 e. The monoisotopic (exact) mass is 448 g/mol. The van der Waals surface area contributed by atoms with E-state index in [1.807, 2.05) is 0 Å². The molecule has 2 saturated heterocycles.